The number of anilines is 1. The Kier molecular flexibility index (Phi) is 3.08. The first-order chi connectivity index (χ1) is 7.29. The van der Waals surface area contributed by atoms with E-state index in [-0.39, 0.29) is 6.04 Å². The van der Waals surface area contributed by atoms with Crippen molar-refractivity contribution in [1.29, 1.82) is 0 Å². The zero-order valence-corrected chi connectivity index (χ0v) is 8.69. The third-order valence-electron chi connectivity index (χ3n) is 2.43. The number of methoxy groups -OCH3 is 1. The zero-order valence-electron chi connectivity index (χ0n) is 8.69. The van der Waals surface area contributed by atoms with E-state index in [0.29, 0.717) is 12.8 Å². The molecule has 0 aliphatic carbocycles. The molecule has 0 amide bonds. The summed E-state index contributed by atoms with van der Waals surface area (Å²) in [5.41, 5.74) is 6.69. The van der Waals surface area contributed by atoms with Crippen LogP contribution in [-0.2, 0) is 4.74 Å². The lowest BCUT2D eigenvalue weighted by Gasteiger charge is -2.16. The highest BCUT2D eigenvalue weighted by Gasteiger charge is 2.25. The number of hydrogen-bond donors (Lipinski definition) is 2. The van der Waals surface area contributed by atoms with E-state index in [9.17, 15) is 0 Å². The van der Waals surface area contributed by atoms with Gasteiger partial charge in [0.15, 0.2) is 6.23 Å². The van der Waals surface area contributed by atoms with Gasteiger partial charge in [0.2, 0.25) is 0 Å². The van der Waals surface area contributed by atoms with E-state index in [2.05, 4.69) is 5.32 Å². The van der Waals surface area contributed by atoms with Gasteiger partial charge < -0.3 is 14.8 Å². The Morgan fingerprint density at radius 3 is 3.07 bits per heavy atom. The molecule has 1 aliphatic rings. The maximum atomic E-state index is 5.70. The van der Waals surface area contributed by atoms with Crippen molar-refractivity contribution in [2.24, 2.45) is 5.73 Å². The van der Waals surface area contributed by atoms with Gasteiger partial charge in [-0.25, -0.2) is 0 Å². The van der Waals surface area contributed by atoms with Crippen molar-refractivity contribution in [2.75, 3.05) is 19.0 Å². The van der Waals surface area contributed by atoms with Crippen molar-refractivity contribution in [1.82, 2.24) is 0 Å². The third-order valence-corrected chi connectivity index (χ3v) is 2.43. The molecule has 4 nitrogen and oxygen atoms in total. The van der Waals surface area contributed by atoms with Crippen LogP contribution in [0, 0.1) is 6.23 Å². The molecule has 3 N–H and O–H groups in total. The fourth-order valence-corrected chi connectivity index (χ4v) is 1.59. The van der Waals surface area contributed by atoms with Crippen LogP contribution in [0.1, 0.15) is 6.42 Å². The van der Waals surface area contributed by atoms with Gasteiger partial charge in [-0.2, -0.15) is 0 Å². The summed E-state index contributed by atoms with van der Waals surface area (Å²) in [5.74, 6) is 0.831. The van der Waals surface area contributed by atoms with Crippen molar-refractivity contribution in [2.45, 2.75) is 12.5 Å². The van der Waals surface area contributed by atoms with Crippen LogP contribution in [0.3, 0.4) is 0 Å². The topological polar surface area (TPSA) is 56.5 Å². The average molecular weight is 207 g/mol. The minimum absolute atomic E-state index is 0.108. The maximum absolute atomic E-state index is 5.70. The lowest BCUT2D eigenvalue weighted by Crippen LogP contribution is -2.28. The number of rotatable bonds is 3. The number of nitrogens with one attached hydrogen (secondary N) is 1. The second-order valence-electron chi connectivity index (χ2n) is 3.47. The lowest BCUT2D eigenvalue weighted by atomic mass is 10.2. The van der Waals surface area contributed by atoms with Crippen LogP contribution in [0.5, 0.6) is 5.75 Å². The molecule has 1 aliphatic heterocycles. The van der Waals surface area contributed by atoms with Crippen LogP contribution in [0.15, 0.2) is 24.3 Å². The quantitative estimate of drug-likeness (QED) is 0.785. The van der Waals surface area contributed by atoms with E-state index in [4.69, 9.17) is 15.2 Å². The van der Waals surface area contributed by atoms with Crippen molar-refractivity contribution >= 4 is 5.69 Å². The fourth-order valence-electron chi connectivity index (χ4n) is 1.59. The van der Waals surface area contributed by atoms with E-state index < -0.39 is 0 Å². The summed E-state index contributed by atoms with van der Waals surface area (Å²) in [6, 6.07) is 7.87. The highest BCUT2D eigenvalue weighted by atomic mass is 16.5. The van der Waals surface area contributed by atoms with Crippen LogP contribution in [-0.4, -0.2) is 19.8 Å². The second kappa shape index (κ2) is 4.51. The maximum Gasteiger partial charge on any atom is 0.181 e. The molecule has 81 valence electrons. The Morgan fingerprint density at radius 1 is 1.53 bits per heavy atom. The van der Waals surface area contributed by atoms with Gasteiger partial charge >= 0.3 is 0 Å². The van der Waals surface area contributed by atoms with Crippen molar-refractivity contribution < 1.29 is 9.47 Å². The number of nitrogens with two attached hydrogens (primary N) is 1. The molecule has 2 rings (SSSR count). The minimum Gasteiger partial charge on any atom is -0.497 e. The number of hydrogen-bond acceptors (Lipinski definition) is 4. The first-order valence-corrected chi connectivity index (χ1v) is 4.95. The molecule has 1 aromatic rings. The summed E-state index contributed by atoms with van der Waals surface area (Å²) >= 11 is 0. The summed E-state index contributed by atoms with van der Waals surface area (Å²) < 4.78 is 10.3. The summed E-state index contributed by atoms with van der Waals surface area (Å²) in [4.78, 5) is 0. The van der Waals surface area contributed by atoms with Crippen LogP contribution in [0.25, 0.3) is 0 Å². The molecule has 4 heteroatoms. The first-order valence-electron chi connectivity index (χ1n) is 4.95. The Balaban J connectivity index is 2.03. The summed E-state index contributed by atoms with van der Waals surface area (Å²) in [7, 11) is 1.65. The van der Waals surface area contributed by atoms with E-state index in [1.807, 2.05) is 24.3 Å². The largest absolute Gasteiger partial charge is 0.497 e. The smallest absolute Gasteiger partial charge is 0.181 e. The predicted octanol–water partition coefficient (Wildman–Crippen LogP) is 1.34. The molecule has 1 radical (unpaired) electrons. The fraction of sp³-hybridized carbons (Fsp3) is 0.364. The molecular formula is C11H15N2O2. The standard InChI is InChI=1S/C11H15N2O2/c1-14-9-4-2-3-8(7-9)13-10-5-6-15-11(10)12/h2-4,7,10,13H,5-6,12H2,1H3. The predicted molar refractivity (Wildman–Crippen MR) is 58.4 cm³/mol. The van der Waals surface area contributed by atoms with Gasteiger partial charge in [-0.05, 0) is 18.6 Å². The van der Waals surface area contributed by atoms with Crippen LogP contribution < -0.4 is 15.8 Å². The molecular weight excluding hydrogens is 192 g/mol. The Hall–Kier alpha value is -1.26. The zero-order chi connectivity index (χ0) is 10.7. The van der Waals surface area contributed by atoms with Crippen LogP contribution >= 0.6 is 0 Å². The summed E-state index contributed by atoms with van der Waals surface area (Å²) in [6.45, 7) is 0.688. The van der Waals surface area contributed by atoms with Gasteiger partial charge in [0.1, 0.15) is 5.75 Å². The molecule has 0 spiro atoms. The highest BCUT2D eigenvalue weighted by Crippen LogP contribution is 2.23. The third kappa shape index (κ3) is 2.40. The minimum atomic E-state index is 0.108. The molecule has 1 atom stereocenters. The van der Waals surface area contributed by atoms with E-state index in [1.54, 1.807) is 7.11 Å². The van der Waals surface area contributed by atoms with Gasteiger partial charge in [0.25, 0.3) is 0 Å². The molecule has 1 aromatic carbocycles. The molecule has 1 fully saturated rings. The molecule has 0 saturated carbocycles. The number of ether oxygens (including phenoxy) is 2. The highest BCUT2D eigenvalue weighted by molar-refractivity contribution is 5.49. The normalized spacial score (nSPS) is 21.6. The van der Waals surface area contributed by atoms with Crippen molar-refractivity contribution in [3.63, 3.8) is 0 Å². The van der Waals surface area contributed by atoms with Gasteiger partial charge in [-0.3, -0.25) is 5.73 Å². The van der Waals surface area contributed by atoms with E-state index in [0.717, 1.165) is 17.9 Å². The Labute approximate surface area is 89.4 Å². The molecule has 1 unspecified atom stereocenters. The van der Waals surface area contributed by atoms with Crippen LogP contribution in [0.2, 0.25) is 0 Å². The molecule has 0 aromatic heterocycles. The van der Waals surface area contributed by atoms with Crippen molar-refractivity contribution in [3.8, 4) is 5.75 Å². The molecule has 0 bridgehead atoms. The molecule has 1 saturated heterocycles. The SMILES string of the molecule is COc1cccc(NC2CCO[C]2N)c1. The Morgan fingerprint density at radius 2 is 2.40 bits per heavy atom. The van der Waals surface area contributed by atoms with Crippen molar-refractivity contribution in [3.05, 3.63) is 30.5 Å². The van der Waals surface area contributed by atoms with E-state index in [1.165, 1.54) is 0 Å². The average Bonchev–Trinajstić information content (AvgIpc) is 2.65. The summed E-state index contributed by atoms with van der Waals surface area (Å²) in [6.07, 6.45) is 1.47. The van der Waals surface area contributed by atoms with Gasteiger partial charge in [0, 0.05) is 11.8 Å². The van der Waals surface area contributed by atoms with Gasteiger partial charge in [0.05, 0.1) is 19.8 Å². The van der Waals surface area contributed by atoms with Gasteiger partial charge in [-0.1, -0.05) is 6.07 Å². The van der Waals surface area contributed by atoms with Gasteiger partial charge in [-0.15, -0.1) is 0 Å². The monoisotopic (exact) mass is 207 g/mol. The summed E-state index contributed by atoms with van der Waals surface area (Å²) in [5, 5.41) is 3.30. The van der Waals surface area contributed by atoms with Crippen LogP contribution in [0.4, 0.5) is 5.69 Å². The second-order valence-corrected chi connectivity index (χ2v) is 3.47. The Bertz CT molecular complexity index is 330. The molecule has 15 heavy (non-hydrogen) atoms. The number of benzene rings is 1. The van der Waals surface area contributed by atoms with E-state index >= 15 is 0 Å². The first kappa shape index (κ1) is 10.3. The molecule has 1 heterocycles. The lowest BCUT2D eigenvalue weighted by molar-refractivity contribution is 0.196.